The van der Waals surface area contributed by atoms with Gasteiger partial charge >= 0.3 is 10.2 Å². The number of hydrogen-bond acceptors (Lipinski definition) is 6. The summed E-state index contributed by atoms with van der Waals surface area (Å²) in [6.45, 7) is 8.87. The molecule has 3 N–H and O–H groups in total. The third-order valence-corrected chi connectivity index (χ3v) is 8.26. The van der Waals surface area contributed by atoms with Crippen molar-refractivity contribution in [1.82, 2.24) is 4.90 Å². The Bertz CT molecular complexity index is 1690. The Morgan fingerprint density at radius 1 is 0.721 bits per heavy atom. The van der Waals surface area contributed by atoms with Gasteiger partial charge in [0.1, 0.15) is 0 Å². The molecule has 0 radical (unpaired) electrons. The molecule has 0 heterocycles. The van der Waals surface area contributed by atoms with E-state index in [2.05, 4.69) is 28.2 Å². The predicted molar refractivity (Wildman–Crippen MR) is 171 cm³/mol. The standard InChI is InChI=1S/C25H29N3O3S.C7H8O3S/c1-19(2)28(17-21-7-5-4-6-8-21)18-25(29)22-11-15-24(16-12-22)27-32(30,31)26-23-13-9-20(3)10-14-23;1-6-2-4-7(5-3-6)11(8,9)10/h4-16,19,26-27H,17-18H2,1-3H3;2-5H,1H3,(H,8,9,10). The average Bonchev–Trinajstić information content (AvgIpc) is 2.94. The van der Waals surface area contributed by atoms with E-state index < -0.39 is 20.3 Å². The minimum atomic E-state index is -4.02. The summed E-state index contributed by atoms with van der Waals surface area (Å²) in [5.74, 6) is -0.0122. The number of Topliss-reactive ketones (excluding diaryl/α,β-unsaturated/α-hetero) is 1. The topological polar surface area (TPSA) is 133 Å². The van der Waals surface area contributed by atoms with Crippen LogP contribution >= 0.6 is 0 Å². The van der Waals surface area contributed by atoms with Gasteiger partial charge in [0, 0.05) is 18.2 Å². The van der Waals surface area contributed by atoms with Crippen molar-refractivity contribution in [3.05, 3.63) is 125 Å². The van der Waals surface area contributed by atoms with E-state index in [1.807, 2.05) is 56.3 Å². The van der Waals surface area contributed by atoms with E-state index in [4.69, 9.17) is 4.55 Å². The maximum absolute atomic E-state index is 12.8. The molecule has 0 atom stereocenters. The molecule has 0 aromatic heterocycles. The van der Waals surface area contributed by atoms with Crippen LogP contribution in [0.5, 0.6) is 0 Å². The lowest BCUT2D eigenvalue weighted by molar-refractivity contribution is 0.0898. The first kappa shape index (κ1) is 33.5. The second kappa shape index (κ2) is 14.9. The number of ketones is 1. The van der Waals surface area contributed by atoms with Crippen molar-refractivity contribution in [3.63, 3.8) is 0 Å². The van der Waals surface area contributed by atoms with Crippen molar-refractivity contribution < 1.29 is 26.2 Å². The summed E-state index contributed by atoms with van der Waals surface area (Å²) < 4.78 is 59.3. The fourth-order valence-electron chi connectivity index (χ4n) is 3.91. The summed E-state index contributed by atoms with van der Waals surface area (Å²) in [5.41, 5.74) is 4.55. The summed E-state index contributed by atoms with van der Waals surface area (Å²) in [7, 11) is -7.81. The zero-order valence-electron chi connectivity index (χ0n) is 24.6. The summed E-state index contributed by atoms with van der Waals surface area (Å²) in [4.78, 5) is 14.9. The number of carbonyl (C=O) groups excluding carboxylic acids is 1. The normalized spacial score (nSPS) is 11.5. The van der Waals surface area contributed by atoms with Crippen LogP contribution in [0.4, 0.5) is 11.4 Å². The Hall–Kier alpha value is -4.03. The predicted octanol–water partition coefficient (Wildman–Crippen LogP) is 6.10. The van der Waals surface area contributed by atoms with Gasteiger partial charge in [-0.15, -0.1) is 0 Å². The largest absolute Gasteiger partial charge is 0.321 e. The molecule has 43 heavy (non-hydrogen) atoms. The van der Waals surface area contributed by atoms with Crippen molar-refractivity contribution in [2.75, 3.05) is 16.0 Å². The molecule has 0 unspecified atom stereocenters. The Balaban J connectivity index is 0.000000386. The van der Waals surface area contributed by atoms with Crippen LogP contribution in [0.1, 0.15) is 40.9 Å². The van der Waals surface area contributed by atoms with Crippen molar-refractivity contribution in [2.24, 2.45) is 0 Å². The van der Waals surface area contributed by atoms with Crippen molar-refractivity contribution in [3.8, 4) is 0 Å². The van der Waals surface area contributed by atoms with Gasteiger partial charge in [0.25, 0.3) is 10.1 Å². The highest BCUT2D eigenvalue weighted by Crippen LogP contribution is 2.16. The maximum Gasteiger partial charge on any atom is 0.321 e. The van der Waals surface area contributed by atoms with Gasteiger partial charge in [-0.1, -0.05) is 65.7 Å². The highest BCUT2D eigenvalue weighted by molar-refractivity contribution is 7.94. The minimum absolute atomic E-state index is 0.0122. The lowest BCUT2D eigenvalue weighted by atomic mass is 10.1. The first-order valence-electron chi connectivity index (χ1n) is 13.5. The highest BCUT2D eigenvalue weighted by atomic mass is 32.2. The molecule has 0 aliphatic rings. The number of carbonyl (C=O) groups is 1. The van der Waals surface area contributed by atoms with Crippen molar-refractivity contribution >= 4 is 37.5 Å². The van der Waals surface area contributed by atoms with Crippen LogP contribution in [0.15, 0.2) is 108 Å². The Labute approximate surface area is 254 Å². The number of hydrogen-bond donors (Lipinski definition) is 3. The molecule has 0 saturated carbocycles. The smallest absolute Gasteiger partial charge is 0.293 e. The van der Waals surface area contributed by atoms with Gasteiger partial charge in [-0.25, -0.2) is 0 Å². The van der Waals surface area contributed by atoms with E-state index >= 15 is 0 Å². The number of nitrogens with one attached hydrogen (secondary N) is 2. The fraction of sp³-hybridized carbons (Fsp3) is 0.219. The summed E-state index contributed by atoms with van der Waals surface area (Å²) in [6, 6.07) is 29.8. The third-order valence-electron chi connectivity index (χ3n) is 6.39. The van der Waals surface area contributed by atoms with Gasteiger partial charge in [0.15, 0.2) is 5.78 Å². The van der Waals surface area contributed by atoms with Gasteiger partial charge in [-0.2, -0.15) is 16.8 Å². The van der Waals surface area contributed by atoms with Gasteiger partial charge in [-0.05, 0) is 81.8 Å². The Morgan fingerprint density at radius 3 is 1.65 bits per heavy atom. The Morgan fingerprint density at radius 2 is 1.19 bits per heavy atom. The molecule has 0 bridgehead atoms. The molecule has 0 amide bonds. The molecule has 4 aromatic rings. The van der Waals surface area contributed by atoms with Gasteiger partial charge in [0.2, 0.25) is 0 Å². The van der Waals surface area contributed by atoms with E-state index in [1.54, 1.807) is 48.5 Å². The zero-order valence-corrected chi connectivity index (χ0v) is 26.2. The molecule has 0 aliphatic heterocycles. The van der Waals surface area contributed by atoms with Crippen LogP contribution in [0, 0.1) is 13.8 Å². The highest BCUT2D eigenvalue weighted by Gasteiger charge is 2.17. The monoisotopic (exact) mass is 623 g/mol. The van der Waals surface area contributed by atoms with E-state index in [0.29, 0.717) is 23.5 Å². The molecule has 0 spiro atoms. The van der Waals surface area contributed by atoms with Crippen LogP contribution < -0.4 is 9.44 Å². The molecule has 0 saturated heterocycles. The molecule has 4 aromatic carbocycles. The number of aryl methyl sites for hydroxylation is 2. The van der Waals surface area contributed by atoms with Crippen LogP contribution in [-0.4, -0.2) is 44.7 Å². The number of anilines is 2. The number of nitrogens with zero attached hydrogens (tertiary/aromatic N) is 1. The molecule has 228 valence electrons. The van der Waals surface area contributed by atoms with E-state index in [-0.39, 0.29) is 23.3 Å². The average molecular weight is 624 g/mol. The molecule has 0 fully saturated rings. The lowest BCUT2D eigenvalue weighted by Gasteiger charge is -2.25. The van der Waals surface area contributed by atoms with E-state index in [1.165, 1.54) is 12.1 Å². The third kappa shape index (κ3) is 11.3. The summed E-state index contributed by atoms with van der Waals surface area (Å²) in [5, 5.41) is 0. The quantitative estimate of drug-likeness (QED) is 0.136. The van der Waals surface area contributed by atoms with Crippen LogP contribution in [0.25, 0.3) is 0 Å². The molecule has 4 rings (SSSR count). The summed E-state index contributed by atoms with van der Waals surface area (Å²) in [6.07, 6.45) is 0. The second-order valence-corrected chi connectivity index (χ2v) is 13.2. The minimum Gasteiger partial charge on any atom is -0.293 e. The van der Waals surface area contributed by atoms with Crippen LogP contribution in [0.2, 0.25) is 0 Å². The first-order chi connectivity index (χ1) is 20.2. The van der Waals surface area contributed by atoms with Crippen LogP contribution in [-0.2, 0) is 26.9 Å². The van der Waals surface area contributed by atoms with E-state index in [0.717, 1.165) is 16.7 Å². The van der Waals surface area contributed by atoms with Gasteiger partial charge < -0.3 is 0 Å². The Kier molecular flexibility index (Phi) is 11.6. The molecule has 9 nitrogen and oxygen atoms in total. The SMILES string of the molecule is Cc1ccc(NS(=O)(=O)Nc2ccc(C(=O)CN(Cc3ccccc3)C(C)C)cc2)cc1.Cc1ccc(S(=O)(=O)O)cc1. The van der Waals surface area contributed by atoms with E-state index in [9.17, 15) is 21.6 Å². The van der Waals surface area contributed by atoms with Gasteiger partial charge in [-0.3, -0.25) is 23.7 Å². The van der Waals surface area contributed by atoms with Crippen molar-refractivity contribution in [2.45, 2.75) is 45.2 Å². The van der Waals surface area contributed by atoms with Gasteiger partial charge in [0.05, 0.1) is 22.8 Å². The lowest BCUT2D eigenvalue weighted by Crippen LogP contribution is -2.35. The van der Waals surface area contributed by atoms with Crippen molar-refractivity contribution in [1.29, 1.82) is 0 Å². The number of rotatable bonds is 11. The second-order valence-electron chi connectivity index (χ2n) is 10.3. The molecule has 11 heteroatoms. The zero-order chi connectivity index (χ0) is 31.6. The molecule has 0 aliphatic carbocycles. The molecular weight excluding hydrogens is 587 g/mol. The van der Waals surface area contributed by atoms with Crippen LogP contribution in [0.3, 0.4) is 0 Å². The molecular formula is C32H37N3O6S2. The number of benzene rings is 4. The maximum atomic E-state index is 12.8. The fourth-order valence-corrected chi connectivity index (χ4v) is 5.33. The summed E-state index contributed by atoms with van der Waals surface area (Å²) >= 11 is 0. The first-order valence-corrected chi connectivity index (χ1v) is 16.5.